The number of amides is 1. The maximum absolute atomic E-state index is 12.7. The summed E-state index contributed by atoms with van der Waals surface area (Å²) >= 11 is 0. The lowest BCUT2D eigenvalue weighted by molar-refractivity contribution is -0.111. The van der Waals surface area contributed by atoms with Crippen LogP contribution in [0.4, 0.5) is 5.82 Å². The number of benzene rings is 1. The largest absolute Gasteiger partial charge is 0.493 e. The maximum atomic E-state index is 12.7. The number of furan rings is 1. The Morgan fingerprint density at radius 1 is 1.15 bits per heavy atom. The van der Waals surface area contributed by atoms with Crippen molar-refractivity contribution >= 4 is 17.8 Å². The first-order chi connectivity index (χ1) is 16.4. The molecule has 2 N–H and O–H groups in total. The molecular formula is C24H23N5O5. The molecule has 0 aliphatic carbocycles. The summed E-state index contributed by atoms with van der Waals surface area (Å²) in [6, 6.07) is 10.4. The first-order valence-corrected chi connectivity index (χ1v) is 10.3. The maximum Gasteiger partial charge on any atom is 0.255 e. The van der Waals surface area contributed by atoms with Crippen molar-refractivity contribution in [1.29, 1.82) is 0 Å². The van der Waals surface area contributed by atoms with E-state index in [-0.39, 0.29) is 11.5 Å². The topological polar surface area (TPSA) is 124 Å². The van der Waals surface area contributed by atoms with Crippen molar-refractivity contribution < 1.29 is 18.7 Å². The molecule has 1 amide bonds. The molecule has 0 radical (unpaired) electrons. The molecule has 1 aromatic carbocycles. The zero-order valence-electron chi connectivity index (χ0n) is 19.1. The molecule has 0 saturated carbocycles. The number of aromatic nitrogens is 4. The number of hydrogen-bond donors (Lipinski definition) is 2. The van der Waals surface area contributed by atoms with Crippen molar-refractivity contribution in [3.63, 3.8) is 0 Å². The number of hydrogen-bond acceptors (Lipinski definition) is 7. The standard InChI is InChI=1S/C24H23N5O5/c1-14-15(2)25-24(27-23(14)31)29-21(13-17(28-29)18-6-5-11-34-18)26-22(30)10-8-16-7-9-19(32-3)20(12-16)33-4/h5-13H,1-4H3,(H,26,30)(H,25,27,31)/b10-8-. The highest BCUT2D eigenvalue weighted by atomic mass is 16.5. The van der Waals surface area contributed by atoms with Gasteiger partial charge in [-0.25, -0.2) is 4.98 Å². The minimum Gasteiger partial charge on any atom is -0.493 e. The number of nitrogens with one attached hydrogen (secondary N) is 2. The molecule has 0 aliphatic heterocycles. The lowest BCUT2D eigenvalue weighted by Crippen LogP contribution is -2.20. The Hall–Kier alpha value is -4.60. The van der Waals surface area contributed by atoms with E-state index >= 15 is 0 Å². The average molecular weight is 461 g/mol. The minimum atomic E-state index is -0.409. The normalized spacial score (nSPS) is 11.1. The second-order valence-corrected chi connectivity index (χ2v) is 7.34. The number of nitrogens with zero attached hydrogens (tertiary/aromatic N) is 3. The van der Waals surface area contributed by atoms with Crippen LogP contribution in [0.5, 0.6) is 11.5 Å². The highest BCUT2D eigenvalue weighted by molar-refractivity contribution is 6.01. The van der Waals surface area contributed by atoms with Crippen LogP contribution in [0.15, 0.2) is 57.9 Å². The smallest absolute Gasteiger partial charge is 0.255 e. The Balaban J connectivity index is 1.65. The summed E-state index contributed by atoms with van der Waals surface area (Å²) in [4.78, 5) is 32.1. The van der Waals surface area contributed by atoms with Crippen molar-refractivity contribution in [3.05, 3.63) is 75.9 Å². The molecule has 0 bridgehead atoms. The highest BCUT2D eigenvalue weighted by Crippen LogP contribution is 2.28. The Labute approximate surface area is 194 Å². The monoisotopic (exact) mass is 461 g/mol. The lowest BCUT2D eigenvalue weighted by atomic mass is 10.2. The molecule has 34 heavy (non-hydrogen) atoms. The van der Waals surface area contributed by atoms with E-state index in [9.17, 15) is 9.59 Å². The molecule has 4 aromatic rings. The average Bonchev–Trinajstić information content (AvgIpc) is 3.51. The van der Waals surface area contributed by atoms with E-state index < -0.39 is 5.91 Å². The molecule has 0 saturated heterocycles. The SMILES string of the molecule is COc1ccc(/C=C\C(=O)Nc2cc(-c3ccco3)nn2-c2nc(C)c(C)c(=O)[nH]2)cc1OC. The van der Waals surface area contributed by atoms with Crippen LogP contribution < -0.4 is 20.3 Å². The van der Waals surface area contributed by atoms with Crippen molar-refractivity contribution in [2.45, 2.75) is 13.8 Å². The van der Waals surface area contributed by atoms with E-state index in [1.807, 2.05) is 0 Å². The quantitative estimate of drug-likeness (QED) is 0.404. The minimum absolute atomic E-state index is 0.171. The van der Waals surface area contributed by atoms with Gasteiger partial charge in [0.1, 0.15) is 11.5 Å². The molecular weight excluding hydrogens is 438 g/mol. The van der Waals surface area contributed by atoms with Gasteiger partial charge < -0.3 is 19.2 Å². The predicted molar refractivity (Wildman–Crippen MR) is 126 cm³/mol. The van der Waals surface area contributed by atoms with Crippen LogP contribution in [0.2, 0.25) is 0 Å². The second kappa shape index (κ2) is 9.49. The zero-order chi connectivity index (χ0) is 24.2. The summed E-state index contributed by atoms with van der Waals surface area (Å²) in [5.41, 5.74) is 1.98. The van der Waals surface area contributed by atoms with E-state index in [0.717, 1.165) is 5.56 Å². The van der Waals surface area contributed by atoms with Crippen LogP contribution in [0.1, 0.15) is 16.8 Å². The summed E-state index contributed by atoms with van der Waals surface area (Å²) in [6.45, 7) is 3.42. The highest BCUT2D eigenvalue weighted by Gasteiger charge is 2.17. The molecule has 3 heterocycles. The Kier molecular flexibility index (Phi) is 6.30. The van der Waals surface area contributed by atoms with Crippen LogP contribution >= 0.6 is 0 Å². The number of carbonyl (C=O) groups excluding carboxylic acids is 1. The van der Waals surface area contributed by atoms with Gasteiger partial charge in [-0.1, -0.05) is 6.07 Å². The van der Waals surface area contributed by atoms with E-state index in [1.165, 1.54) is 17.0 Å². The molecule has 0 spiro atoms. The lowest BCUT2D eigenvalue weighted by Gasteiger charge is -2.08. The van der Waals surface area contributed by atoms with Crippen LogP contribution in [-0.4, -0.2) is 39.9 Å². The van der Waals surface area contributed by atoms with Crippen molar-refractivity contribution in [2.24, 2.45) is 0 Å². The third-order valence-corrected chi connectivity index (χ3v) is 5.15. The number of carbonyl (C=O) groups is 1. The Morgan fingerprint density at radius 3 is 2.62 bits per heavy atom. The van der Waals surface area contributed by atoms with Gasteiger partial charge in [0.15, 0.2) is 17.3 Å². The molecule has 0 aliphatic rings. The summed E-state index contributed by atoms with van der Waals surface area (Å²) in [6.07, 6.45) is 4.54. The summed E-state index contributed by atoms with van der Waals surface area (Å²) in [7, 11) is 3.10. The Bertz CT molecular complexity index is 1420. The van der Waals surface area contributed by atoms with Crippen LogP contribution in [0.25, 0.3) is 23.5 Å². The van der Waals surface area contributed by atoms with Crippen molar-refractivity contribution in [1.82, 2.24) is 19.7 Å². The van der Waals surface area contributed by atoms with Gasteiger partial charge in [0.25, 0.3) is 5.56 Å². The van der Waals surface area contributed by atoms with Crippen LogP contribution in [0.3, 0.4) is 0 Å². The number of H-pyrrole nitrogens is 1. The zero-order valence-corrected chi connectivity index (χ0v) is 19.1. The number of aryl methyl sites for hydroxylation is 1. The van der Waals surface area contributed by atoms with Crippen molar-refractivity contribution in [3.8, 4) is 28.9 Å². The van der Waals surface area contributed by atoms with Gasteiger partial charge in [0, 0.05) is 23.4 Å². The fourth-order valence-corrected chi connectivity index (χ4v) is 3.20. The molecule has 0 unspecified atom stereocenters. The van der Waals surface area contributed by atoms with Gasteiger partial charge in [-0.15, -0.1) is 0 Å². The van der Waals surface area contributed by atoms with Gasteiger partial charge in [-0.05, 0) is 49.8 Å². The Morgan fingerprint density at radius 2 is 1.94 bits per heavy atom. The van der Waals surface area contributed by atoms with Gasteiger partial charge in [0.05, 0.1) is 20.5 Å². The number of methoxy groups -OCH3 is 2. The van der Waals surface area contributed by atoms with Crippen LogP contribution in [-0.2, 0) is 4.79 Å². The first-order valence-electron chi connectivity index (χ1n) is 10.3. The fraction of sp³-hybridized carbons (Fsp3) is 0.167. The second-order valence-electron chi connectivity index (χ2n) is 7.34. The van der Waals surface area contributed by atoms with Gasteiger partial charge in [-0.3, -0.25) is 14.6 Å². The number of rotatable bonds is 7. The molecule has 4 rings (SSSR count). The third kappa shape index (κ3) is 4.60. The number of ether oxygens (including phenoxy) is 2. The van der Waals surface area contributed by atoms with Gasteiger partial charge in [0.2, 0.25) is 11.9 Å². The molecule has 0 atom stereocenters. The summed E-state index contributed by atoms with van der Waals surface area (Å²) in [5, 5.41) is 7.25. The van der Waals surface area contributed by atoms with E-state index in [0.29, 0.717) is 40.0 Å². The molecule has 3 aromatic heterocycles. The van der Waals surface area contributed by atoms with Gasteiger partial charge in [-0.2, -0.15) is 9.78 Å². The molecule has 0 fully saturated rings. The van der Waals surface area contributed by atoms with E-state index in [1.54, 1.807) is 70.5 Å². The fourth-order valence-electron chi connectivity index (χ4n) is 3.20. The number of aromatic amines is 1. The molecule has 10 heteroatoms. The molecule has 10 nitrogen and oxygen atoms in total. The predicted octanol–water partition coefficient (Wildman–Crippen LogP) is 3.50. The van der Waals surface area contributed by atoms with Gasteiger partial charge >= 0.3 is 0 Å². The molecule has 174 valence electrons. The van der Waals surface area contributed by atoms with E-state index in [4.69, 9.17) is 13.9 Å². The third-order valence-electron chi connectivity index (χ3n) is 5.15. The number of anilines is 1. The first kappa shape index (κ1) is 22.6. The summed E-state index contributed by atoms with van der Waals surface area (Å²) in [5.74, 6) is 1.71. The summed E-state index contributed by atoms with van der Waals surface area (Å²) < 4.78 is 17.3. The van der Waals surface area contributed by atoms with Crippen LogP contribution in [0, 0.1) is 13.8 Å². The van der Waals surface area contributed by atoms with E-state index in [2.05, 4.69) is 20.4 Å². The van der Waals surface area contributed by atoms with Crippen molar-refractivity contribution in [2.75, 3.05) is 19.5 Å².